The summed E-state index contributed by atoms with van der Waals surface area (Å²) in [7, 11) is 4.00. The molecule has 1 aromatic heterocycles. The van der Waals surface area contributed by atoms with E-state index >= 15 is 0 Å². The number of carbonyl (C=O) groups is 2. The van der Waals surface area contributed by atoms with Crippen LogP contribution in [-0.4, -0.2) is 68.1 Å². The van der Waals surface area contributed by atoms with Crippen LogP contribution in [0.2, 0.25) is 0 Å². The number of rotatable bonds is 5. The van der Waals surface area contributed by atoms with Crippen LogP contribution in [0.3, 0.4) is 0 Å². The van der Waals surface area contributed by atoms with Crippen LogP contribution in [0, 0.1) is 28.1 Å². The Morgan fingerprint density at radius 3 is 2.64 bits per heavy atom. The van der Waals surface area contributed by atoms with E-state index in [1.807, 2.05) is 20.2 Å². The molecule has 0 N–H and O–H groups in total. The maximum atomic E-state index is 13.2. The van der Waals surface area contributed by atoms with Crippen LogP contribution in [0.4, 0.5) is 0 Å². The molecule has 9 nitrogen and oxygen atoms in total. The minimum atomic E-state index is -0.616. The average molecular weight is 541 g/mol. The van der Waals surface area contributed by atoms with Gasteiger partial charge in [-0.3, -0.25) is 4.79 Å². The molecule has 2 saturated heterocycles. The zero-order chi connectivity index (χ0) is 27.8. The molecule has 2 aliphatic carbocycles. The Balaban J connectivity index is 1.50. The minimum Gasteiger partial charge on any atom is -0.472 e. The van der Waals surface area contributed by atoms with E-state index in [4.69, 9.17) is 28.6 Å². The second-order valence-electron chi connectivity index (χ2n) is 13.3. The first-order chi connectivity index (χ1) is 18.4. The van der Waals surface area contributed by atoms with Gasteiger partial charge in [-0.05, 0) is 64.8 Å². The molecule has 0 bridgehead atoms. The van der Waals surface area contributed by atoms with E-state index in [2.05, 4.69) is 32.6 Å². The number of likely N-dealkylation sites (N-methyl/N-ethyl adjacent to an activating group) is 1. The Bertz CT molecular complexity index is 1220. The van der Waals surface area contributed by atoms with Crippen LogP contribution >= 0.6 is 0 Å². The SMILES string of the molecule is CN(C)CCO/N=C1/C[C@H]2C(C)(C)O[C@H]3CC(=O)OC[C@]32[C@H]2CC[C@]3(C)C(=CC(=O)O[C@H]3c3ccoc3)[C@]12C. The fourth-order valence-corrected chi connectivity index (χ4v) is 8.82. The number of hydrogen-bond acceptors (Lipinski definition) is 9. The Morgan fingerprint density at radius 1 is 1.13 bits per heavy atom. The summed E-state index contributed by atoms with van der Waals surface area (Å²) in [6.45, 7) is 10.2. The van der Waals surface area contributed by atoms with Gasteiger partial charge in [0.25, 0.3) is 0 Å². The number of oxime groups is 1. The summed E-state index contributed by atoms with van der Waals surface area (Å²) in [6, 6.07) is 1.87. The first-order valence-electron chi connectivity index (χ1n) is 14.1. The molecule has 5 aliphatic rings. The molecule has 39 heavy (non-hydrogen) atoms. The smallest absolute Gasteiger partial charge is 0.331 e. The Hall–Kier alpha value is -2.65. The summed E-state index contributed by atoms with van der Waals surface area (Å²) in [6.07, 6.45) is 6.78. The molecule has 2 saturated carbocycles. The number of nitrogens with zero attached hydrogens (tertiary/aromatic N) is 2. The number of carbonyl (C=O) groups excluding carboxylic acids is 2. The molecule has 6 rings (SSSR count). The van der Waals surface area contributed by atoms with Gasteiger partial charge in [-0.25, -0.2) is 4.79 Å². The summed E-state index contributed by atoms with van der Waals surface area (Å²) in [5.41, 5.74) is 0.849. The predicted molar refractivity (Wildman–Crippen MR) is 142 cm³/mol. The lowest BCUT2D eigenvalue weighted by Gasteiger charge is -2.64. The highest BCUT2D eigenvalue weighted by Crippen LogP contribution is 2.72. The van der Waals surface area contributed by atoms with Gasteiger partial charge in [0, 0.05) is 40.3 Å². The van der Waals surface area contributed by atoms with Crippen molar-refractivity contribution in [2.24, 2.45) is 33.2 Å². The van der Waals surface area contributed by atoms with Crippen molar-refractivity contribution in [3.8, 4) is 0 Å². The molecule has 3 aliphatic heterocycles. The zero-order valence-electron chi connectivity index (χ0n) is 23.8. The molecule has 4 heterocycles. The van der Waals surface area contributed by atoms with Crippen LogP contribution in [0.5, 0.6) is 0 Å². The number of cyclic esters (lactones) is 2. The van der Waals surface area contributed by atoms with Crippen molar-refractivity contribution in [2.75, 3.05) is 33.9 Å². The number of fused-ring (bicyclic) bond motifs is 3. The zero-order valence-corrected chi connectivity index (χ0v) is 23.8. The molecule has 7 atom stereocenters. The molecule has 0 amide bonds. The third-order valence-corrected chi connectivity index (χ3v) is 10.6. The second-order valence-corrected chi connectivity index (χ2v) is 13.3. The van der Waals surface area contributed by atoms with E-state index in [9.17, 15) is 9.59 Å². The number of furan rings is 1. The van der Waals surface area contributed by atoms with Gasteiger partial charge in [0.15, 0.2) is 0 Å². The molecular weight excluding hydrogens is 500 g/mol. The highest BCUT2D eigenvalue weighted by Gasteiger charge is 2.74. The molecule has 1 aromatic rings. The van der Waals surface area contributed by atoms with Gasteiger partial charge in [0.05, 0.1) is 36.4 Å². The highest BCUT2D eigenvalue weighted by molar-refractivity contribution is 5.97. The molecule has 1 spiro atoms. The van der Waals surface area contributed by atoms with Gasteiger partial charge in [-0.2, -0.15) is 0 Å². The standard InChI is InChI=1S/C30H40N2O7/c1-27(2)20-13-22(31-37-12-10-32(5)6)29(4)19(30(20)17-36-24(33)15-23(30)39-27)7-9-28(3)21(29)14-25(34)38-26(28)18-8-11-35-16-18/h8,11,14,16,19-20,23,26H,7,9-10,12-13,15,17H2,1-6H3/b31-22-/t19-,20-,23-,26-,28+,29+,30+/m0/s1. The molecule has 4 fully saturated rings. The summed E-state index contributed by atoms with van der Waals surface area (Å²) in [4.78, 5) is 33.7. The minimum absolute atomic E-state index is 0.0371. The molecule has 0 radical (unpaired) electrons. The normalized spacial score (nSPS) is 41.6. The monoisotopic (exact) mass is 540 g/mol. The van der Waals surface area contributed by atoms with E-state index < -0.39 is 22.5 Å². The predicted octanol–water partition coefficient (Wildman–Crippen LogP) is 4.29. The third-order valence-electron chi connectivity index (χ3n) is 10.6. The van der Waals surface area contributed by atoms with E-state index in [-0.39, 0.29) is 41.7 Å². The summed E-state index contributed by atoms with van der Waals surface area (Å²) in [5, 5.41) is 4.84. The quantitative estimate of drug-likeness (QED) is 0.310. The van der Waals surface area contributed by atoms with E-state index in [1.54, 1.807) is 18.6 Å². The van der Waals surface area contributed by atoms with Crippen LogP contribution in [-0.2, 0) is 28.6 Å². The van der Waals surface area contributed by atoms with Crippen molar-refractivity contribution in [1.82, 2.24) is 4.90 Å². The molecule has 0 unspecified atom stereocenters. The van der Waals surface area contributed by atoms with E-state index in [1.165, 1.54) is 0 Å². The maximum Gasteiger partial charge on any atom is 0.331 e. The van der Waals surface area contributed by atoms with Gasteiger partial charge in [-0.1, -0.05) is 19.0 Å². The van der Waals surface area contributed by atoms with Gasteiger partial charge in [0.2, 0.25) is 0 Å². The second kappa shape index (κ2) is 8.93. The van der Waals surface area contributed by atoms with Crippen molar-refractivity contribution in [2.45, 2.75) is 71.2 Å². The van der Waals surface area contributed by atoms with Crippen LogP contribution < -0.4 is 0 Å². The Morgan fingerprint density at radius 2 is 1.92 bits per heavy atom. The highest BCUT2D eigenvalue weighted by atomic mass is 16.6. The van der Waals surface area contributed by atoms with Gasteiger partial charge in [0.1, 0.15) is 19.3 Å². The molecule has 212 valence electrons. The van der Waals surface area contributed by atoms with Gasteiger partial charge in [-0.15, -0.1) is 0 Å². The van der Waals surface area contributed by atoms with Gasteiger partial charge >= 0.3 is 11.9 Å². The third kappa shape index (κ3) is 3.75. The number of hydrogen-bond donors (Lipinski definition) is 0. The average Bonchev–Trinajstić information content (AvgIpc) is 3.46. The molecule has 0 aromatic carbocycles. The topological polar surface area (TPSA) is 99.8 Å². The first kappa shape index (κ1) is 26.6. The largest absolute Gasteiger partial charge is 0.472 e. The van der Waals surface area contributed by atoms with Crippen LogP contribution in [0.15, 0.2) is 39.8 Å². The van der Waals surface area contributed by atoms with Crippen molar-refractivity contribution >= 4 is 17.7 Å². The first-order valence-corrected chi connectivity index (χ1v) is 14.1. The van der Waals surface area contributed by atoms with Crippen LogP contribution in [0.25, 0.3) is 0 Å². The molecular formula is C30H40N2O7. The number of esters is 2. The lowest BCUT2D eigenvalue weighted by atomic mass is 9.39. The van der Waals surface area contributed by atoms with Crippen molar-refractivity contribution in [1.29, 1.82) is 0 Å². The summed E-state index contributed by atoms with van der Waals surface area (Å²) >= 11 is 0. The van der Waals surface area contributed by atoms with Crippen molar-refractivity contribution < 1.29 is 33.1 Å². The fraction of sp³-hybridized carbons (Fsp3) is 0.700. The lowest BCUT2D eigenvalue weighted by molar-refractivity contribution is -0.181. The Labute approximate surface area is 229 Å². The molecule has 9 heteroatoms. The lowest BCUT2D eigenvalue weighted by Crippen LogP contribution is -2.66. The maximum absolute atomic E-state index is 13.2. The van der Waals surface area contributed by atoms with Gasteiger partial charge < -0.3 is 28.4 Å². The Kier molecular flexibility index (Phi) is 6.08. The van der Waals surface area contributed by atoms with E-state index in [0.717, 1.165) is 36.2 Å². The van der Waals surface area contributed by atoms with Crippen molar-refractivity contribution in [3.63, 3.8) is 0 Å². The fourth-order valence-electron chi connectivity index (χ4n) is 8.82. The number of ether oxygens (including phenoxy) is 3. The van der Waals surface area contributed by atoms with Crippen LogP contribution in [0.1, 0.15) is 65.0 Å². The van der Waals surface area contributed by atoms with E-state index in [0.29, 0.717) is 19.6 Å². The summed E-state index contributed by atoms with van der Waals surface area (Å²) < 4.78 is 23.9. The summed E-state index contributed by atoms with van der Waals surface area (Å²) in [5.74, 6) is -0.452. The van der Waals surface area contributed by atoms with Crippen molar-refractivity contribution in [3.05, 3.63) is 35.8 Å².